The van der Waals surface area contributed by atoms with Crippen molar-refractivity contribution < 1.29 is 19.0 Å². The fraction of sp³-hybridized carbons (Fsp3) is 0.235. The molecule has 0 aliphatic carbocycles. The molecule has 116 valence electrons. The second-order valence-electron chi connectivity index (χ2n) is 4.89. The van der Waals surface area contributed by atoms with Crippen LogP contribution in [0.2, 0.25) is 0 Å². The predicted molar refractivity (Wildman–Crippen MR) is 82.1 cm³/mol. The third-order valence-electron chi connectivity index (χ3n) is 3.22. The molecule has 0 bridgehead atoms. The summed E-state index contributed by atoms with van der Waals surface area (Å²) in [5.41, 5.74) is 0.920. The number of amides is 1. The molecule has 0 saturated heterocycles. The molecular formula is C17H18FNO3. The molecule has 0 aliphatic rings. The van der Waals surface area contributed by atoms with Gasteiger partial charge < -0.3 is 9.84 Å². The Labute approximate surface area is 128 Å². The van der Waals surface area contributed by atoms with E-state index < -0.39 is 18.0 Å². The first kappa shape index (κ1) is 16.0. The first-order chi connectivity index (χ1) is 10.6. The number of nitrogens with zero attached hydrogens (tertiary/aromatic N) is 1. The van der Waals surface area contributed by atoms with Crippen LogP contribution < -0.4 is 4.90 Å². The van der Waals surface area contributed by atoms with E-state index in [1.165, 1.54) is 18.2 Å². The van der Waals surface area contributed by atoms with Crippen molar-refractivity contribution in [3.63, 3.8) is 0 Å². The van der Waals surface area contributed by atoms with Crippen LogP contribution in [-0.2, 0) is 11.3 Å². The summed E-state index contributed by atoms with van der Waals surface area (Å²) in [6.45, 7) is 1.41. The van der Waals surface area contributed by atoms with Crippen molar-refractivity contribution in [2.75, 3.05) is 11.5 Å². The highest BCUT2D eigenvalue weighted by Gasteiger charge is 2.25. The molecule has 4 nitrogen and oxygen atoms in total. The molecule has 0 aromatic heterocycles. The molecule has 0 aliphatic heterocycles. The van der Waals surface area contributed by atoms with Crippen molar-refractivity contribution >= 4 is 11.8 Å². The van der Waals surface area contributed by atoms with E-state index in [1.54, 1.807) is 13.0 Å². The first-order valence-corrected chi connectivity index (χ1v) is 6.98. The van der Waals surface area contributed by atoms with E-state index in [4.69, 9.17) is 4.74 Å². The van der Waals surface area contributed by atoms with E-state index in [-0.39, 0.29) is 18.9 Å². The maximum atomic E-state index is 13.9. The summed E-state index contributed by atoms with van der Waals surface area (Å²) in [4.78, 5) is 13.4. The van der Waals surface area contributed by atoms with Crippen molar-refractivity contribution in [1.82, 2.24) is 0 Å². The molecule has 0 fully saturated rings. The van der Waals surface area contributed by atoms with Crippen molar-refractivity contribution in [3.05, 3.63) is 66.0 Å². The highest BCUT2D eigenvalue weighted by atomic mass is 19.1. The SMILES string of the molecule is CC(CO)N(C(=O)OCc1ccccc1)c1ccccc1F. The summed E-state index contributed by atoms with van der Waals surface area (Å²) in [6.07, 6.45) is -0.699. The first-order valence-electron chi connectivity index (χ1n) is 6.98. The van der Waals surface area contributed by atoms with Gasteiger partial charge in [-0.05, 0) is 24.6 Å². The quantitative estimate of drug-likeness (QED) is 0.921. The fourth-order valence-corrected chi connectivity index (χ4v) is 2.03. The molecule has 0 spiro atoms. The predicted octanol–water partition coefficient (Wildman–Crippen LogP) is 3.35. The lowest BCUT2D eigenvalue weighted by atomic mass is 10.2. The van der Waals surface area contributed by atoms with Crippen LogP contribution >= 0.6 is 0 Å². The minimum absolute atomic E-state index is 0.0853. The van der Waals surface area contributed by atoms with Gasteiger partial charge in [0, 0.05) is 0 Å². The van der Waals surface area contributed by atoms with Crippen LogP contribution in [-0.4, -0.2) is 23.8 Å². The van der Waals surface area contributed by atoms with E-state index in [0.29, 0.717) is 0 Å². The molecule has 0 heterocycles. The zero-order valence-electron chi connectivity index (χ0n) is 12.3. The van der Waals surface area contributed by atoms with Gasteiger partial charge in [-0.2, -0.15) is 0 Å². The zero-order valence-corrected chi connectivity index (χ0v) is 12.3. The number of rotatable bonds is 5. The third kappa shape index (κ3) is 3.83. The molecule has 1 atom stereocenters. The van der Waals surface area contributed by atoms with Gasteiger partial charge in [0.2, 0.25) is 0 Å². The van der Waals surface area contributed by atoms with Gasteiger partial charge in [0.1, 0.15) is 12.4 Å². The van der Waals surface area contributed by atoms with Gasteiger partial charge in [-0.15, -0.1) is 0 Å². The topological polar surface area (TPSA) is 49.8 Å². The number of carbonyl (C=O) groups is 1. The van der Waals surface area contributed by atoms with Crippen LogP contribution in [0.3, 0.4) is 0 Å². The number of hydrogen-bond donors (Lipinski definition) is 1. The van der Waals surface area contributed by atoms with Crippen LogP contribution in [0.1, 0.15) is 12.5 Å². The lowest BCUT2D eigenvalue weighted by Crippen LogP contribution is -2.41. The van der Waals surface area contributed by atoms with Gasteiger partial charge in [0.05, 0.1) is 18.3 Å². The molecule has 5 heteroatoms. The number of ether oxygens (including phenoxy) is 1. The monoisotopic (exact) mass is 303 g/mol. The average molecular weight is 303 g/mol. The van der Waals surface area contributed by atoms with E-state index in [2.05, 4.69) is 0 Å². The summed E-state index contributed by atoms with van der Waals surface area (Å²) in [7, 11) is 0. The maximum absolute atomic E-state index is 13.9. The van der Waals surface area contributed by atoms with Crippen molar-refractivity contribution in [2.45, 2.75) is 19.6 Å². The van der Waals surface area contributed by atoms with Crippen LogP contribution in [0, 0.1) is 5.82 Å². The van der Waals surface area contributed by atoms with E-state index >= 15 is 0 Å². The second kappa shape index (κ2) is 7.56. The Kier molecular flexibility index (Phi) is 5.49. The standard InChI is InChI=1S/C17H18FNO3/c1-13(11-20)19(16-10-6-5-9-15(16)18)17(21)22-12-14-7-3-2-4-8-14/h2-10,13,20H,11-12H2,1H3. The average Bonchev–Trinajstić information content (AvgIpc) is 2.55. The van der Waals surface area contributed by atoms with Gasteiger partial charge in [-0.3, -0.25) is 4.90 Å². The zero-order chi connectivity index (χ0) is 15.9. The van der Waals surface area contributed by atoms with Crippen molar-refractivity contribution in [1.29, 1.82) is 0 Å². The van der Waals surface area contributed by atoms with Gasteiger partial charge in [0.25, 0.3) is 0 Å². The van der Waals surface area contributed by atoms with Crippen molar-refractivity contribution in [2.24, 2.45) is 0 Å². The normalized spacial score (nSPS) is 11.8. The lowest BCUT2D eigenvalue weighted by Gasteiger charge is -2.27. The van der Waals surface area contributed by atoms with E-state index in [0.717, 1.165) is 10.5 Å². The number of halogens is 1. The number of aliphatic hydroxyl groups is 1. The second-order valence-corrected chi connectivity index (χ2v) is 4.89. The maximum Gasteiger partial charge on any atom is 0.415 e. The summed E-state index contributed by atoms with van der Waals surface area (Å²) in [5.74, 6) is -0.542. The summed E-state index contributed by atoms with van der Waals surface area (Å²) in [6, 6.07) is 14.5. The van der Waals surface area contributed by atoms with E-state index in [9.17, 15) is 14.3 Å². The van der Waals surface area contributed by atoms with Gasteiger partial charge in [0.15, 0.2) is 0 Å². The highest BCUT2D eigenvalue weighted by Crippen LogP contribution is 2.22. The van der Waals surface area contributed by atoms with Crippen LogP contribution in [0.25, 0.3) is 0 Å². The van der Waals surface area contributed by atoms with Gasteiger partial charge in [-0.1, -0.05) is 42.5 Å². The molecule has 1 amide bonds. The molecular weight excluding hydrogens is 285 g/mol. The lowest BCUT2D eigenvalue weighted by molar-refractivity contribution is 0.141. The molecule has 0 saturated carbocycles. The Hall–Kier alpha value is -2.40. The fourth-order valence-electron chi connectivity index (χ4n) is 2.03. The third-order valence-corrected chi connectivity index (χ3v) is 3.22. The minimum atomic E-state index is -0.699. The van der Waals surface area contributed by atoms with Crippen LogP contribution in [0.5, 0.6) is 0 Å². The van der Waals surface area contributed by atoms with Gasteiger partial charge in [-0.25, -0.2) is 9.18 Å². The molecule has 2 aromatic rings. The summed E-state index contributed by atoms with van der Waals surface area (Å²) >= 11 is 0. The Morgan fingerprint density at radius 1 is 1.18 bits per heavy atom. The molecule has 22 heavy (non-hydrogen) atoms. The molecule has 1 N–H and O–H groups in total. The highest BCUT2D eigenvalue weighted by molar-refractivity contribution is 5.88. The summed E-state index contributed by atoms with van der Waals surface area (Å²) < 4.78 is 19.2. The number of carbonyl (C=O) groups excluding carboxylic acids is 1. The molecule has 0 radical (unpaired) electrons. The van der Waals surface area contributed by atoms with Crippen LogP contribution in [0.4, 0.5) is 14.9 Å². The Bertz CT molecular complexity index is 618. The molecule has 1 unspecified atom stereocenters. The van der Waals surface area contributed by atoms with E-state index in [1.807, 2.05) is 30.3 Å². The Morgan fingerprint density at radius 2 is 1.82 bits per heavy atom. The number of benzene rings is 2. The summed E-state index contributed by atoms with van der Waals surface area (Å²) in [5, 5.41) is 9.32. The molecule has 2 aromatic carbocycles. The minimum Gasteiger partial charge on any atom is -0.444 e. The van der Waals surface area contributed by atoms with Gasteiger partial charge >= 0.3 is 6.09 Å². The van der Waals surface area contributed by atoms with Crippen molar-refractivity contribution in [3.8, 4) is 0 Å². The smallest absolute Gasteiger partial charge is 0.415 e. The number of anilines is 1. The Morgan fingerprint density at radius 3 is 2.45 bits per heavy atom. The largest absolute Gasteiger partial charge is 0.444 e. The number of hydrogen-bond acceptors (Lipinski definition) is 3. The number of para-hydroxylation sites is 1. The van der Waals surface area contributed by atoms with Crippen LogP contribution in [0.15, 0.2) is 54.6 Å². The Balaban J connectivity index is 2.15. The number of aliphatic hydroxyl groups excluding tert-OH is 1. The molecule has 2 rings (SSSR count).